The quantitative estimate of drug-likeness (QED) is 0.514. The SMILES string of the molecule is CN=C(NCC(C)Oc1ccccc1F)NCC(c1ccccc1)N1CCOCC1. The Bertz CT molecular complexity index is 797. The molecule has 2 aromatic carbocycles. The molecule has 30 heavy (non-hydrogen) atoms. The second-order valence-electron chi connectivity index (χ2n) is 7.27. The number of rotatable bonds is 8. The Labute approximate surface area is 178 Å². The third-order valence-electron chi connectivity index (χ3n) is 5.08. The maximum absolute atomic E-state index is 13.8. The first kappa shape index (κ1) is 22.1. The number of aliphatic imine (C=N–C) groups is 1. The Kier molecular flexibility index (Phi) is 8.47. The van der Waals surface area contributed by atoms with Crippen molar-refractivity contribution in [2.45, 2.75) is 19.1 Å². The lowest BCUT2D eigenvalue weighted by atomic mass is 10.0. The van der Waals surface area contributed by atoms with Crippen LogP contribution in [-0.4, -0.2) is 63.4 Å². The van der Waals surface area contributed by atoms with E-state index in [9.17, 15) is 4.39 Å². The Morgan fingerprint density at radius 1 is 1.07 bits per heavy atom. The van der Waals surface area contributed by atoms with Crippen LogP contribution in [0.4, 0.5) is 4.39 Å². The molecule has 0 spiro atoms. The molecule has 162 valence electrons. The topological polar surface area (TPSA) is 58.1 Å². The van der Waals surface area contributed by atoms with Gasteiger partial charge < -0.3 is 20.1 Å². The van der Waals surface area contributed by atoms with Gasteiger partial charge in [0.15, 0.2) is 17.5 Å². The molecule has 0 radical (unpaired) electrons. The number of para-hydroxylation sites is 1. The Balaban J connectivity index is 1.54. The first-order valence-electron chi connectivity index (χ1n) is 10.4. The lowest BCUT2D eigenvalue weighted by molar-refractivity contribution is 0.0170. The summed E-state index contributed by atoms with van der Waals surface area (Å²) in [5.41, 5.74) is 1.26. The van der Waals surface area contributed by atoms with E-state index in [4.69, 9.17) is 9.47 Å². The van der Waals surface area contributed by atoms with Crippen molar-refractivity contribution in [3.8, 4) is 5.75 Å². The molecule has 1 aliphatic rings. The second-order valence-corrected chi connectivity index (χ2v) is 7.27. The van der Waals surface area contributed by atoms with Crippen LogP contribution in [0.25, 0.3) is 0 Å². The van der Waals surface area contributed by atoms with Crippen LogP contribution in [0.5, 0.6) is 5.75 Å². The fourth-order valence-electron chi connectivity index (χ4n) is 3.48. The Hall–Kier alpha value is -2.64. The molecule has 2 unspecified atom stereocenters. The van der Waals surface area contributed by atoms with Crippen LogP contribution in [0.15, 0.2) is 59.6 Å². The summed E-state index contributed by atoms with van der Waals surface area (Å²) in [4.78, 5) is 6.75. The van der Waals surface area contributed by atoms with E-state index in [-0.39, 0.29) is 23.7 Å². The highest BCUT2D eigenvalue weighted by Gasteiger charge is 2.22. The van der Waals surface area contributed by atoms with Gasteiger partial charge in [-0.2, -0.15) is 0 Å². The Morgan fingerprint density at radius 3 is 2.43 bits per heavy atom. The molecule has 0 amide bonds. The van der Waals surface area contributed by atoms with Crippen LogP contribution in [-0.2, 0) is 4.74 Å². The number of nitrogens with one attached hydrogen (secondary N) is 2. The predicted octanol–water partition coefficient (Wildman–Crippen LogP) is 2.83. The van der Waals surface area contributed by atoms with E-state index >= 15 is 0 Å². The van der Waals surface area contributed by atoms with Gasteiger partial charge in [0.25, 0.3) is 0 Å². The van der Waals surface area contributed by atoms with Crippen LogP contribution < -0.4 is 15.4 Å². The van der Waals surface area contributed by atoms with Crippen molar-refractivity contribution in [1.82, 2.24) is 15.5 Å². The first-order valence-corrected chi connectivity index (χ1v) is 10.4. The van der Waals surface area contributed by atoms with E-state index in [0.29, 0.717) is 19.0 Å². The van der Waals surface area contributed by atoms with Crippen LogP contribution in [0.1, 0.15) is 18.5 Å². The highest BCUT2D eigenvalue weighted by atomic mass is 19.1. The normalized spacial score (nSPS) is 17.2. The highest BCUT2D eigenvalue weighted by Crippen LogP contribution is 2.21. The summed E-state index contributed by atoms with van der Waals surface area (Å²) in [5.74, 6) is 0.586. The standard InChI is InChI=1S/C23H31FN4O2/c1-18(30-22-11-7-6-10-20(22)24)16-26-23(25-2)27-17-21(19-8-4-3-5-9-19)28-12-14-29-15-13-28/h3-11,18,21H,12-17H2,1-2H3,(H2,25,26,27). The molecule has 0 aromatic heterocycles. The van der Waals surface area contributed by atoms with Gasteiger partial charge in [0.2, 0.25) is 0 Å². The number of hydrogen-bond acceptors (Lipinski definition) is 4. The molecule has 7 heteroatoms. The smallest absolute Gasteiger partial charge is 0.191 e. The van der Waals surface area contributed by atoms with Gasteiger partial charge in [-0.3, -0.25) is 9.89 Å². The van der Waals surface area contributed by atoms with Crippen molar-refractivity contribution in [2.75, 3.05) is 46.4 Å². The minimum atomic E-state index is -0.358. The summed E-state index contributed by atoms with van der Waals surface area (Å²) in [6.45, 7) is 6.42. The maximum Gasteiger partial charge on any atom is 0.191 e. The summed E-state index contributed by atoms with van der Waals surface area (Å²) in [5, 5.41) is 6.69. The van der Waals surface area contributed by atoms with E-state index in [2.05, 4.69) is 44.8 Å². The molecule has 0 aliphatic carbocycles. The molecule has 2 aromatic rings. The van der Waals surface area contributed by atoms with Gasteiger partial charge in [0.1, 0.15) is 6.10 Å². The first-order chi connectivity index (χ1) is 14.7. The zero-order valence-electron chi connectivity index (χ0n) is 17.7. The van der Waals surface area contributed by atoms with Gasteiger partial charge in [0.05, 0.1) is 25.8 Å². The third kappa shape index (κ3) is 6.43. The monoisotopic (exact) mass is 414 g/mol. The van der Waals surface area contributed by atoms with Gasteiger partial charge in [-0.05, 0) is 24.6 Å². The molecule has 1 heterocycles. The molecular weight excluding hydrogens is 383 g/mol. The molecule has 2 atom stereocenters. The van der Waals surface area contributed by atoms with Crippen LogP contribution >= 0.6 is 0 Å². The maximum atomic E-state index is 13.8. The Morgan fingerprint density at radius 2 is 1.73 bits per heavy atom. The minimum absolute atomic E-state index is 0.218. The molecular formula is C23H31FN4O2. The molecule has 0 saturated carbocycles. The van der Waals surface area contributed by atoms with Gasteiger partial charge in [-0.1, -0.05) is 42.5 Å². The minimum Gasteiger partial charge on any atom is -0.486 e. The van der Waals surface area contributed by atoms with Crippen LogP contribution in [0.3, 0.4) is 0 Å². The molecule has 3 rings (SSSR count). The number of nitrogens with zero attached hydrogens (tertiary/aromatic N) is 2. The van der Waals surface area contributed by atoms with Crippen molar-refractivity contribution in [3.05, 3.63) is 66.0 Å². The van der Waals surface area contributed by atoms with Gasteiger partial charge in [0, 0.05) is 26.7 Å². The average Bonchev–Trinajstić information content (AvgIpc) is 2.79. The summed E-state index contributed by atoms with van der Waals surface area (Å²) in [6.07, 6.45) is -0.218. The van der Waals surface area contributed by atoms with E-state index in [1.807, 2.05) is 13.0 Å². The zero-order valence-corrected chi connectivity index (χ0v) is 17.7. The number of guanidine groups is 1. The number of morpholine rings is 1. The second kappa shape index (κ2) is 11.5. The number of benzene rings is 2. The van der Waals surface area contributed by atoms with Crippen molar-refractivity contribution in [1.29, 1.82) is 0 Å². The van der Waals surface area contributed by atoms with Crippen LogP contribution in [0, 0.1) is 5.82 Å². The molecule has 1 saturated heterocycles. The summed E-state index contributed by atoms with van der Waals surface area (Å²) < 4.78 is 25.0. The molecule has 0 bridgehead atoms. The van der Waals surface area contributed by atoms with Crippen molar-refractivity contribution in [2.24, 2.45) is 4.99 Å². The summed E-state index contributed by atoms with van der Waals surface area (Å²) >= 11 is 0. The van der Waals surface area contributed by atoms with Gasteiger partial charge >= 0.3 is 0 Å². The summed E-state index contributed by atoms with van der Waals surface area (Å²) in [6, 6.07) is 17.1. The lowest BCUT2D eigenvalue weighted by Gasteiger charge is -2.35. The van der Waals surface area contributed by atoms with Crippen molar-refractivity contribution in [3.63, 3.8) is 0 Å². The van der Waals surface area contributed by atoms with Crippen molar-refractivity contribution < 1.29 is 13.9 Å². The predicted molar refractivity (Wildman–Crippen MR) is 117 cm³/mol. The average molecular weight is 415 g/mol. The number of ether oxygens (including phenoxy) is 2. The fourth-order valence-corrected chi connectivity index (χ4v) is 3.48. The van der Waals surface area contributed by atoms with Crippen LogP contribution in [0.2, 0.25) is 0 Å². The summed E-state index contributed by atoms with van der Waals surface area (Å²) in [7, 11) is 1.74. The third-order valence-corrected chi connectivity index (χ3v) is 5.08. The van der Waals surface area contributed by atoms with E-state index in [1.165, 1.54) is 11.6 Å². The highest BCUT2D eigenvalue weighted by molar-refractivity contribution is 5.79. The molecule has 1 fully saturated rings. The lowest BCUT2D eigenvalue weighted by Crippen LogP contribution is -2.47. The van der Waals surface area contributed by atoms with E-state index < -0.39 is 0 Å². The fraction of sp³-hybridized carbons (Fsp3) is 0.435. The van der Waals surface area contributed by atoms with Gasteiger partial charge in [-0.15, -0.1) is 0 Å². The molecule has 6 nitrogen and oxygen atoms in total. The van der Waals surface area contributed by atoms with Crippen molar-refractivity contribution >= 4 is 5.96 Å². The largest absolute Gasteiger partial charge is 0.486 e. The van der Waals surface area contributed by atoms with E-state index in [1.54, 1.807) is 25.2 Å². The van der Waals surface area contributed by atoms with E-state index in [0.717, 1.165) is 26.3 Å². The number of hydrogen-bond donors (Lipinski definition) is 2. The molecule has 1 aliphatic heterocycles. The number of halogens is 1. The van der Waals surface area contributed by atoms with Gasteiger partial charge in [-0.25, -0.2) is 4.39 Å². The molecule has 2 N–H and O–H groups in total. The zero-order chi connectivity index (χ0) is 21.2.